The Morgan fingerprint density at radius 2 is 2.29 bits per heavy atom. The van der Waals surface area contributed by atoms with Gasteiger partial charge in [0.2, 0.25) is 5.95 Å². The van der Waals surface area contributed by atoms with E-state index in [0.717, 1.165) is 17.1 Å². The Hall–Kier alpha value is -1.49. The monoisotopic (exact) mass is 251 g/mol. The van der Waals surface area contributed by atoms with Gasteiger partial charge in [0.1, 0.15) is 5.01 Å². The van der Waals surface area contributed by atoms with E-state index in [1.165, 1.54) is 17.1 Å². The second kappa shape index (κ2) is 5.23. The van der Waals surface area contributed by atoms with Crippen molar-refractivity contribution in [2.24, 2.45) is 0 Å². The Bertz CT molecular complexity index is 498. The summed E-state index contributed by atoms with van der Waals surface area (Å²) in [5.74, 6) is -0.476. The van der Waals surface area contributed by atoms with Gasteiger partial charge in [-0.05, 0) is 19.4 Å². The van der Waals surface area contributed by atoms with Crippen molar-refractivity contribution in [1.29, 1.82) is 0 Å². The van der Waals surface area contributed by atoms with Crippen LogP contribution < -0.4 is 5.32 Å². The molecule has 0 bridgehead atoms. The molecular weight excluding hydrogens is 237 g/mol. The zero-order valence-electron chi connectivity index (χ0n) is 9.77. The molecule has 0 saturated carbocycles. The van der Waals surface area contributed by atoms with Crippen molar-refractivity contribution in [2.75, 3.05) is 5.32 Å². The van der Waals surface area contributed by atoms with Crippen molar-refractivity contribution in [3.8, 4) is 0 Å². The lowest BCUT2D eigenvalue weighted by Crippen LogP contribution is -2.06. The lowest BCUT2D eigenvalue weighted by atomic mass is 10.3. The molecule has 0 aliphatic carbocycles. The van der Waals surface area contributed by atoms with Crippen LogP contribution in [-0.4, -0.2) is 9.97 Å². The first-order valence-electron chi connectivity index (χ1n) is 5.51. The van der Waals surface area contributed by atoms with Crippen molar-refractivity contribution in [1.82, 2.24) is 9.97 Å². The summed E-state index contributed by atoms with van der Waals surface area (Å²) in [6, 6.07) is 3.20. The van der Waals surface area contributed by atoms with Gasteiger partial charge in [-0.3, -0.25) is 0 Å². The van der Waals surface area contributed by atoms with Crippen LogP contribution in [0.4, 0.5) is 10.1 Å². The van der Waals surface area contributed by atoms with Crippen LogP contribution in [0.2, 0.25) is 0 Å². The van der Waals surface area contributed by atoms with Crippen LogP contribution >= 0.6 is 11.3 Å². The molecule has 0 saturated heterocycles. The normalized spacial score (nSPS) is 12.4. The van der Waals surface area contributed by atoms with Gasteiger partial charge in [0.15, 0.2) is 0 Å². The third kappa shape index (κ3) is 3.00. The Morgan fingerprint density at radius 3 is 2.94 bits per heavy atom. The summed E-state index contributed by atoms with van der Waals surface area (Å²) >= 11 is 1.68. The zero-order valence-corrected chi connectivity index (χ0v) is 10.6. The van der Waals surface area contributed by atoms with Crippen molar-refractivity contribution in [3.05, 3.63) is 40.4 Å². The molecule has 0 aliphatic heterocycles. The Kier molecular flexibility index (Phi) is 3.68. The lowest BCUT2D eigenvalue weighted by Gasteiger charge is -2.12. The second-order valence-corrected chi connectivity index (χ2v) is 4.90. The maximum Gasteiger partial charge on any atom is 0.214 e. The summed E-state index contributed by atoms with van der Waals surface area (Å²) in [7, 11) is 0. The third-order valence-corrected chi connectivity index (χ3v) is 3.72. The number of nitrogens with one attached hydrogen (secondary N) is 1. The van der Waals surface area contributed by atoms with Crippen LogP contribution in [0.15, 0.2) is 24.5 Å². The number of hydrogen-bond acceptors (Lipinski definition) is 4. The van der Waals surface area contributed by atoms with Gasteiger partial charge in [-0.2, -0.15) is 4.39 Å². The molecule has 2 rings (SSSR count). The molecule has 1 unspecified atom stereocenters. The highest BCUT2D eigenvalue weighted by Gasteiger charge is 2.10. The summed E-state index contributed by atoms with van der Waals surface area (Å²) in [5, 5.41) is 4.22. The average molecular weight is 251 g/mol. The van der Waals surface area contributed by atoms with Crippen LogP contribution in [0, 0.1) is 5.95 Å². The number of nitrogens with zero attached hydrogens (tertiary/aromatic N) is 2. The number of aryl methyl sites for hydroxylation is 1. The predicted octanol–water partition coefficient (Wildman–Crippen LogP) is 3.41. The number of halogens is 1. The number of anilines is 1. The number of thiazole rings is 1. The van der Waals surface area contributed by atoms with Gasteiger partial charge in [-0.1, -0.05) is 6.92 Å². The molecule has 0 spiro atoms. The maximum absolute atomic E-state index is 12.9. The van der Waals surface area contributed by atoms with Crippen LogP contribution in [0.3, 0.4) is 0 Å². The van der Waals surface area contributed by atoms with E-state index in [4.69, 9.17) is 0 Å². The van der Waals surface area contributed by atoms with Crippen molar-refractivity contribution >= 4 is 17.0 Å². The number of hydrogen-bond donors (Lipinski definition) is 1. The Morgan fingerprint density at radius 1 is 1.47 bits per heavy atom. The summed E-state index contributed by atoms with van der Waals surface area (Å²) in [6.07, 6.45) is 4.34. The minimum atomic E-state index is -0.476. The summed E-state index contributed by atoms with van der Waals surface area (Å²) in [6.45, 7) is 4.12. The first kappa shape index (κ1) is 12.0. The summed E-state index contributed by atoms with van der Waals surface area (Å²) in [4.78, 5) is 9.13. The van der Waals surface area contributed by atoms with E-state index in [1.54, 1.807) is 17.4 Å². The van der Waals surface area contributed by atoms with Crippen molar-refractivity contribution in [3.63, 3.8) is 0 Å². The minimum absolute atomic E-state index is 0.0714. The van der Waals surface area contributed by atoms with Gasteiger partial charge >= 0.3 is 0 Å². The molecule has 2 aromatic rings. The fourth-order valence-electron chi connectivity index (χ4n) is 1.49. The van der Waals surface area contributed by atoms with Gasteiger partial charge in [0.05, 0.1) is 6.04 Å². The smallest absolute Gasteiger partial charge is 0.214 e. The molecule has 3 nitrogen and oxygen atoms in total. The minimum Gasteiger partial charge on any atom is -0.376 e. The molecule has 0 aromatic carbocycles. The molecule has 5 heteroatoms. The van der Waals surface area contributed by atoms with E-state index >= 15 is 0 Å². The van der Waals surface area contributed by atoms with Gasteiger partial charge in [0, 0.05) is 29.0 Å². The van der Waals surface area contributed by atoms with E-state index in [2.05, 4.69) is 22.2 Å². The van der Waals surface area contributed by atoms with Gasteiger partial charge in [0.25, 0.3) is 0 Å². The highest BCUT2D eigenvalue weighted by atomic mass is 32.1. The average Bonchev–Trinajstić information content (AvgIpc) is 2.77. The lowest BCUT2D eigenvalue weighted by molar-refractivity contribution is 0.584. The van der Waals surface area contributed by atoms with Crippen molar-refractivity contribution in [2.45, 2.75) is 26.3 Å². The number of aromatic nitrogens is 2. The largest absolute Gasteiger partial charge is 0.376 e. The molecule has 1 atom stereocenters. The summed E-state index contributed by atoms with van der Waals surface area (Å²) < 4.78 is 12.9. The fraction of sp³-hybridized carbons (Fsp3) is 0.333. The predicted molar refractivity (Wildman–Crippen MR) is 67.7 cm³/mol. The van der Waals surface area contributed by atoms with Gasteiger partial charge in [-0.25, -0.2) is 9.97 Å². The van der Waals surface area contributed by atoms with E-state index in [0.29, 0.717) is 0 Å². The van der Waals surface area contributed by atoms with E-state index < -0.39 is 5.95 Å². The van der Waals surface area contributed by atoms with Crippen LogP contribution in [0.25, 0.3) is 0 Å². The number of rotatable bonds is 4. The van der Waals surface area contributed by atoms with Gasteiger partial charge < -0.3 is 5.32 Å². The molecule has 2 aromatic heterocycles. The fourth-order valence-corrected chi connectivity index (χ4v) is 2.35. The molecular formula is C12H14FN3S. The first-order valence-corrected chi connectivity index (χ1v) is 6.33. The second-order valence-electron chi connectivity index (χ2n) is 3.75. The van der Waals surface area contributed by atoms with Crippen LogP contribution in [0.1, 0.15) is 29.8 Å². The SMILES string of the molecule is CCc1cnc(C(C)Nc2ccnc(F)c2)s1. The molecule has 2 heterocycles. The molecule has 0 radical (unpaired) electrons. The van der Waals surface area contributed by atoms with E-state index in [9.17, 15) is 4.39 Å². The van der Waals surface area contributed by atoms with Crippen LogP contribution in [-0.2, 0) is 6.42 Å². The quantitative estimate of drug-likeness (QED) is 0.846. The van der Waals surface area contributed by atoms with E-state index in [-0.39, 0.29) is 6.04 Å². The molecule has 0 amide bonds. The van der Waals surface area contributed by atoms with Crippen LogP contribution in [0.5, 0.6) is 0 Å². The molecule has 90 valence electrons. The topological polar surface area (TPSA) is 37.8 Å². The standard InChI is InChI=1S/C12H14FN3S/c1-3-10-7-15-12(17-10)8(2)16-9-4-5-14-11(13)6-9/h4-8H,3H2,1-2H3,(H,14,16). The summed E-state index contributed by atoms with van der Waals surface area (Å²) in [5.41, 5.74) is 0.721. The Labute approximate surface area is 104 Å². The molecule has 1 N–H and O–H groups in total. The zero-order chi connectivity index (χ0) is 12.3. The Balaban J connectivity index is 2.08. The number of pyridine rings is 1. The molecule has 0 aliphatic rings. The molecule has 0 fully saturated rings. The maximum atomic E-state index is 12.9. The highest BCUT2D eigenvalue weighted by Crippen LogP contribution is 2.23. The highest BCUT2D eigenvalue weighted by molar-refractivity contribution is 7.11. The van der Waals surface area contributed by atoms with E-state index in [1.807, 2.05) is 13.1 Å². The van der Waals surface area contributed by atoms with Gasteiger partial charge in [-0.15, -0.1) is 11.3 Å². The first-order chi connectivity index (χ1) is 8.19. The van der Waals surface area contributed by atoms with Crippen molar-refractivity contribution < 1.29 is 4.39 Å². The molecule has 17 heavy (non-hydrogen) atoms. The third-order valence-electron chi connectivity index (χ3n) is 2.40.